The maximum absolute atomic E-state index is 14.0. The van der Waals surface area contributed by atoms with Crippen LogP contribution in [0, 0.1) is 11.6 Å². The molecule has 2 amide bonds. The van der Waals surface area contributed by atoms with Gasteiger partial charge in [-0.1, -0.05) is 48.2 Å². The highest BCUT2D eigenvalue weighted by Crippen LogP contribution is 2.34. The van der Waals surface area contributed by atoms with Crippen molar-refractivity contribution in [3.05, 3.63) is 71.8 Å². The molecule has 1 aliphatic rings. The fourth-order valence-corrected chi connectivity index (χ4v) is 3.75. The van der Waals surface area contributed by atoms with Crippen LogP contribution in [0.25, 0.3) is 0 Å². The van der Waals surface area contributed by atoms with E-state index in [2.05, 4.69) is 10.4 Å². The maximum Gasteiger partial charge on any atom is 0.365 e. The van der Waals surface area contributed by atoms with E-state index in [9.17, 15) is 13.6 Å². The molecule has 6 nitrogen and oxygen atoms in total. The van der Waals surface area contributed by atoms with Gasteiger partial charge >= 0.3 is 6.03 Å². The second-order valence-corrected chi connectivity index (χ2v) is 7.48. The van der Waals surface area contributed by atoms with E-state index in [1.807, 2.05) is 43.4 Å². The molecule has 1 unspecified atom stereocenters. The molecule has 9 heteroatoms. The number of nitrogens with zero attached hydrogens (tertiary/aromatic N) is 3. The average Bonchev–Trinajstić information content (AvgIpc) is 3.20. The van der Waals surface area contributed by atoms with Crippen LogP contribution in [0.5, 0.6) is 0 Å². The van der Waals surface area contributed by atoms with Crippen LogP contribution in [-0.4, -0.2) is 54.3 Å². The lowest BCUT2D eigenvalue weighted by atomic mass is 10.2. The first-order valence-corrected chi connectivity index (χ1v) is 10.3. The second-order valence-electron chi connectivity index (χ2n) is 6.31. The molecule has 3 rings (SSSR count). The van der Waals surface area contributed by atoms with Gasteiger partial charge < -0.3 is 5.32 Å². The Hall–Kier alpha value is -2.49. The van der Waals surface area contributed by atoms with Crippen molar-refractivity contribution in [1.29, 1.82) is 0 Å². The molecule has 1 atom stereocenters. The van der Waals surface area contributed by atoms with Crippen molar-refractivity contribution < 1.29 is 18.4 Å². The van der Waals surface area contributed by atoms with Gasteiger partial charge in [-0.25, -0.2) is 18.6 Å². The van der Waals surface area contributed by atoms with Gasteiger partial charge in [0.15, 0.2) is 0 Å². The number of halogens is 2. The van der Waals surface area contributed by atoms with E-state index in [1.54, 1.807) is 0 Å². The van der Waals surface area contributed by atoms with Crippen LogP contribution in [0.15, 0.2) is 59.7 Å². The van der Waals surface area contributed by atoms with E-state index in [0.29, 0.717) is 6.42 Å². The Bertz CT molecular complexity index is 812. The molecule has 30 heavy (non-hydrogen) atoms. The van der Waals surface area contributed by atoms with E-state index >= 15 is 0 Å². The van der Waals surface area contributed by atoms with Crippen molar-refractivity contribution >= 4 is 22.8 Å². The number of amides is 2. The molecule has 0 aromatic heterocycles. The van der Waals surface area contributed by atoms with Gasteiger partial charge in [-0.3, -0.25) is 4.84 Å². The Kier molecular flexibility index (Phi) is 9.72. The van der Waals surface area contributed by atoms with Crippen LogP contribution in [0.2, 0.25) is 0 Å². The number of hydrazone groups is 1. The fraction of sp³-hybridized carbons (Fsp3) is 0.333. The SMILES string of the molecule is CNCCCC1SC(c2cc(F)ccc2F)=NN1C(=O)N(C)OC.c1ccccc1. The number of carbonyl (C=O) groups excluding carboxylic acids is 1. The van der Waals surface area contributed by atoms with Crippen molar-refractivity contribution in [3.63, 3.8) is 0 Å². The minimum Gasteiger partial charge on any atom is -0.320 e. The van der Waals surface area contributed by atoms with Crippen LogP contribution in [-0.2, 0) is 4.84 Å². The maximum atomic E-state index is 14.0. The normalized spacial score (nSPS) is 15.3. The minimum atomic E-state index is -0.578. The summed E-state index contributed by atoms with van der Waals surface area (Å²) in [4.78, 5) is 17.3. The van der Waals surface area contributed by atoms with Crippen molar-refractivity contribution in [1.82, 2.24) is 15.4 Å². The zero-order chi connectivity index (χ0) is 21.9. The lowest BCUT2D eigenvalue weighted by Crippen LogP contribution is -2.40. The van der Waals surface area contributed by atoms with Crippen molar-refractivity contribution in [2.75, 3.05) is 27.7 Å². The lowest BCUT2D eigenvalue weighted by molar-refractivity contribution is -0.0765. The third-order valence-corrected chi connectivity index (χ3v) is 5.39. The van der Waals surface area contributed by atoms with E-state index in [0.717, 1.165) is 36.2 Å². The summed E-state index contributed by atoms with van der Waals surface area (Å²) in [5.74, 6) is -1.13. The second kappa shape index (κ2) is 12.3. The van der Waals surface area contributed by atoms with Crippen LogP contribution in [0.1, 0.15) is 18.4 Å². The van der Waals surface area contributed by atoms with Gasteiger partial charge in [0.2, 0.25) is 0 Å². The number of rotatable bonds is 6. The summed E-state index contributed by atoms with van der Waals surface area (Å²) in [6.07, 6.45) is 1.46. The molecule has 1 N–H and O–H groups in total. The zero-order valence-electron chi connectivity index (χ0n) is 17.2. The molecule has 1 aliphatic heterocycles. The molecular formula is C21H26F2N4O2S. The smallest absolute Gasteiger partial charge is 0.320 e. The summed E-state index contributed by atoms with van der Waals surface area (Å²) in [7, 11) is 4.68. The summed E-state index contributed by atoms with van der Waals surface area (Å²) in [6, 6.07) is 14.7. The standard InChI is InChI=1S/C15H20F2N4O2S.C6H6/c1-18-8-4-5-13-21(15(22)20(2)23-3)19-14(24-13)11-9-10(16)6-7-12(11)17;1-2-4-6-5-3-1/h6-7,9,13,18H,4-5,8H2,1-3H3;1-6H. The molecular weight excluding hydrogens is 410 g/mol. The highest BCUT2D eigenvalue weighted by molar-refractivity contribution is 8.15. The zero-order valence-corrected chi connectivity index (χ0v) is 18.0. The van der Waals surface area contributed by atoms with E-state index in [4.69, 9.17) is 4.84 Å². The number of hydroxylamine groups is 2. The first-order chi connectivity index (χ1) is 14.5. The largest absolute Gasteiger partial charge is 0.365 e. The monoisotopic (exact) mass is 436 g/mol. The topological polar surface area (TPSA) is 57.2 Å². The number of carbonyl (C=O) groups is 1. The van der Waals surface area contributed by atoms with Gasteiger partial charge in [0.1, 0.15) is 22.1 Å². The third-order valence-electron chi connectivity index (χ3n) is 4.16. The highest BCUT2D eigenvalue weighted by atomic mass is 32.2. The van der Waals surface area contributed by atoms with Crippen LogP contribution < -0.4 is 5.32 Å². The number of benzene rings is 2. The molecule has 162 valence electrons. The van der Waals surface area contributed by atoms with Gasteiger partial charge in [0, 0.05) is 12.6 Å². The number of urea groups is 1. The summed E-state index contributed by atoms with van der Waals surface area (Å²) >= 11 is 1.24. The molecule has 0 bridgehead atoms. The quantitative estimate of drug-likeness (QED) is 0.542. The van der Waals surface area contributed by atoms with Crippen molar-refractivity contribution in [3.8, 4) is 0 Å². The molecule has 0 radical (unpaired) electrons. The predicted octanol–water partition coefficient (Wildman–Crippen LogP) is 4.30. The van der Waals surface area contributed by atoms with Crippen LogP contribution in [0.4, 0.5) is 13.6 Å². The number of hydrogen-bond acceptors (Lipinski definition) is 5. The molecule has 0 spiro atoms. The minimum absolute atomic E-state index is 0.0500. The van der Waals surface area contributed by atoms with Gasteiger partial charge in [-0.2, -0.15) is 10.1 Å². The Balaban J connectivity index is 0.000000456. The summed E-state index contributed by atoms with van der Waals surface area (Å²) in [6.45, 7) is 0.781. The molecule has 2 aromatic carbocycles. The highest BCUT2D eigenvalue weighted by Gasteiger charge is 2.35. The van der Waals surface area contributed by atoms with E-state index < -0.39 is 17.7 Å². The first-order valence-electron chi connectivity index (χ1n) is 9.44. The summed E-state index contributed by atoms with van der Waals surface area (Å²) in [5, 5.41) is 9.51. The first kappa shape index (κ1) is 23.8. The number of thioether (sulfide) groups is 1. The van der Waals surface area contributed by atoms with Gasteiger partial charge in [-0.15, -0.1) is 0 Å². The Morgan fingerprint density at radius 1 is 1.23 bits per heavy atom. The fourth-order valence-electron chi connectivity index (χ4n) is 2.55. The van der Waals surface area contributed by atoms with Gasteiger partial charge in [-0.05, 0) is 44.6 Å². The van der Waals surface area contributed by atoms with Gasteiger partial charge in [0.25, 0.3) is 0 Å². The summed E-state index contributed by atoms with van der Waals surface area (Å²) < 4.78 is 27.4. The summed E-state index contributed by atoms with van der Waals surface area (Å²) in [5.41, 5.74) is 0.0500. The predicted molar refractivity (Wildman–Crippen MR) is 116 cm³/mol. The van der Waals surface area contributed by atoms with E-state index in [-0.39, 0.29) is 16.0 Å². The van der Waals surface area contributed by atoms with Crippen molar-refractivity contribution in [2.45, 2.75) is 18.2 Å². The molecule has 1 heterocycles. The Labute approximate surface area is 179 Å². The van der Waals surface area contributed by atoms with E-state index in [1.165, 1.54) is 30.9 Å². The van der Waals surface area contributed by atoms with Crippen LogP contribution >= 0.6 is 11.8 Å². The van der Waals surface area contributed by atoms with Crippen LogP contribution in [0.3, 0.4) is 0 Å². The Morgan fingerprint density at radius 3 is 2.43 bits per heavy atom. The molecule has 0 aliphatic carbocycles. The average molecular weight is 437 g/mol. The molecule has 0 fully saturated rings. The van der Waals surface area contributed by atoms with Crippen molar-refractivity contribution in [2.24, 2.45) is 5.10 Å². The van der Waals surface area contributed by atoms with Gasteiger partial charge in [0.05, 0.1) is 7.11 Å². The molecule has 2 aromatic rings. The third kappa shape index (κ3) is 6.79. The lowest BCUT2D eigenvalue weighted by Gasteiger charge is -2.24. The Morgan fingerprint density at radius 2 is 1.87 bits per heavy atom. The molecule has 0 saturated carbocycles. The molecule has 0 saturated heterocycles. The number of nitrogens with one attached hydrogen (secondary N) is 1. The number of hydrogen-bond donors (Lipinski definition) is 1.